The van der Waals surface area contributed by atoms with Gasteiger partial charge in [-0.2, -0.15) is 0 Å². The quantitative estimate of drug-likeness (QED) is 0.184. The number of methoxy groups -OCH3 is 1. The molecule has 0 heterocycles. The molecule has 0 amide bonds. The van der Waals surface area contributed by atoms with Crippen molar-refractivity contribution < 1.29 is 28.7 Å². The van der Waals surface area contributed by atoms with Crippen LogP contribution in [0.15, 0.2) is 72.8 Å². The summed E-state index contributed by atoms with van der Waals surface area (Å²) < 4.78 is 15.5. The first-order chi connectivity index (χ1) is 14.5. The largest absolute Gasteiger partial charge is 0.493 e. The number of nitrogens with zero attached hydrogens (tertiary/aromatic N) is 1. The molecule has 0 aliphatic rings. The van der Waals surface area contributed by atoms with Crippen LogP contribution in [0.4, 0.5) is 5.69 Å². The fourth-order valence-corrected chi connectivity index (χ4v) is 2.61. The Morgan fingerprint density at radius 1 is 0.900 bits per heavy atom. The lowest BCUT2D eigenvalue weighted by Gasteiger charge is -2.10. The van der Waals surface area contributed by atoms with Crippen molar-refractivity contribution >= 4 is 17.4 Å². The number of nitro benzene ring substituents is 1. The van der Waals surface area contributed by atoms with E-state index in [-0.39, 0.29) is 23.0 Å². The molecule has 30 heavy (non-hydrogen) atoms. The Kier molecular flexibility index (Phi) is 6.39. The molecule has 0 atom stereocenters. The van der Waals surface area contributed by atoms with Crippen molar-refractivity contribution in [3.05, 3.63) is 94.0 Å². The molecule has 3 aromatic rings. The van der Waals surface area contributed by atoms with Crippen LogP contribution in [0.3, 0.4) is 0 Å². The third-order valence-corrected chi connectivity index (χ3v) is 4.09. The van der Waals surface area contributed by atoms with Crippen molar-refractivity contribution in [1.82, 2.24) is 0 Å². The Hall–Kier alpha value is -4.20. The Balaban J connectivity index is 1.61. The molecule has 0 spiro atoms. The van der Waals surface area contributed by atoms with E-state index >= 15 is 0 Å². The smallest absolute Gasteiger partial charge is 0.349 e. The van der Waals surface area contributed by atoms with Gasteiger partial charge in [0.2, 0.25) is 0 Å². The average molecular weight is 407 g/mol. The van der Waals surface area contributed by atoms with Gasteiger partial charge in [0.1, 0.15) is 5.75 Å². The highest BCUT2D eigenvalue weighted by atomic mass is 16.6. The third kappa shape index (κ3) is 4.99. The number of rotatable bonds is 8. The second-order valence-corrected chi connectivity index (χ2v) is 6.07. The van der Waals surface area contributed by atoms with E-state index in [1.165, 1.54) is 19.2 Å². The molecule has 0 N–H and O–H groups in total. The molecular weight excluding hydrogens is 390 g/mol. The second kappa shape index (κ2) is 9.33. The van der Waals surface area contributed by atoms with E-state index in [0.29, 0.717) is 16.9 Å². The fraction of sp³-hybridized carbons (Fsp3) is 0.0909. The lowest BCUT2D eigenvalue weighted by Crippen LogP contribution is -2.18. The number of carbonyl (C=O) groups is 2. The topological polar surface area (TPSA) is 105 Å². The summed E-state index contributed by atoms with van der Waals surface area (Å²) in [6, 6.07) is 18.9. The summed E-state index contributed by atoms with van der Waals surface area (Å²) in [6.07, 6.45) is 0. The van der Waals surface area contributed by atoms with Crippen molar-refractivity contribution in [1.29, 1.82) is 0 Å². The Bertz CT molecular complexity index is 1060. The van der Waals surface area contributed by atoms with Crippen LogP contribution in [0.1, 0.15) is 15.9 Å². The lowest BCUT2D eigenvalue weighted by molar-refractivity contribution is -0.384. The molecule has 0 aromatic heterocycles. The van der Waals surface area contributed by atoms with Gasteiger partial charge in [0.05, 0.1) is 18.1 Å². The molecule has 8 nitrogen and oxygen atoms in total. The first-order valence-corrected chi connectivity index (χ1v) is 8.83. The molecule has 3 aromatic carbocycles. The summed E-state index contributed by atoms with van der Waals surface area (Å²) in [7, 11) is 1.35. The molecule has 0 saturated carbocycles. The van der Waals surface area contributed by atoms with Gasteiger partial charge >= 0.3 is 5.97 Å². The minimum absolute atomic E-state index is 0.0795. The van der Waals surface area contributed by atoms with Gasteiger partial charge in [0.15, 0.2) is 23.9 Å². The minimum Gasteiger partial charge on any atom is -0.493 e. The van der Waals surface area contributed by atoms with Gasteiger partial charge in [-0.1, -0.05) is 30.3 Å². The molecular formula is C22H17NO7. The van der Waals surface area contributed by atoms with E-state index in [2.05, 4.69) is 0 Å². The first kappa shape index (κ1) is 20.5. The maximum Gasteiger partial charge on any atom is 0.349 e. The summed E-state index contributed by atoms with van der Waals surface area (Å²) >= 11 is 0. The molecule has 0 saturated heterocycles. The number of ketones is 1. The molecule has 0 aliphatic heterocycles. The van der Waals surface area contributed by atoms with Crippen LogP contribution in [-0.4, -0.2) is 30.4 Å². The van der Waals surface area contributed by atoms with Crippen molar-refractivity contribution in [3.63, 3.8) is 0 Å². The normalized spacial score (nSPS) is 10.2. The maximum absolute atomic E-state index is 12.4. The minimum atomic E-state index is -0.766. The Morgan fingerprint density at radius 2 is 1.57 bits per heavy atom. The van der Waals surface area contributed by atoms with Gasteiger partial charge in [-0.05, 0) is 30.3 Å². The van der Waals surface area contributed by atoms with Crippen LogP contribution in [0.25, 0.3) is 0 Å². The molecule has 0 bridgehead atoms. The van der Waals surface area contributed by atoms with Crippen molar-refractivity contribution in [2.75, 3.05) is 13.7 Å². The van der Waals surface area contributed by atoms with Crippen LogP contribution >= 0.6 is 0 Å². The summed E-state index contributed by atoms with van der Waals surface area (Å²) in [4.78, 5) is 34.7. The van der Waals surface area contributed by atoms with E-state index in [1.807, 2.05) is 6.07 Å². The summed E-state index contributed by atoms with van der Waals surface area (Å²) in [5.41, 5.74) is 0.816. The summed E-state index contributed by atoms with van der Waals surface area (Å²) in [5.74, 6) is -0.429. The zero-order valence-electron chi connectivity index (χ0n) is 15.9. The molecule has 3 rings (SSSR count). The molecule has 0 radical (unpaired) electrons. The number of ether oxygens (including phenoxy) is 3. The number of hydrogen-bond acceptors (Lipinski definition) is 7. The molecule has 8 heteroatoms. The van der Waals surface area contributed by atoms with Crippen LogP contribution in [0.5, 0.6) is 17.2 Å². The third-order valence-electron chi connectivity index (χ3n) is 4.09. The van der Waals surface area contributed by atoms with E-state index in [4.69, 9.17) is 14.2 Å². The van der Waals surface area contributed by atoms with Gasteiger partial charge in [-0.25, -0.2) is 4.79 Å². The summed E-state index contributed by atoms with van der Waals surface area (Å²) in [5, 5.41) is 10.9. The Morgan fingerprint density at radius 3 is 2.20 bits per heavy atom. The highest BCUT2D eigenvalue weighted by Crippen LogP contribution is 2.31. The van der Waals surface area contributed by atoms with Gasteiger partial charge < -0.3 is 14.2 Å². The average Bonchev–Trinajstić information content (AvgIpc) is 2.78. The number of benzene rings is 3. The van der Waals surface area contributed by atoms with Crippen molar-refractivity contribution in [2.24, 2.45) is 0 Å². The zero-order chi connectivity index (χ0) is 21.5. The van der Waals surface area contributed by atoms with Gasteiger partial charge in [-0.15, -0.1) is 0 Å². The lowest BCUT2D eigenvalue weighted by atomic mass is 10.0. The summed E-state index contributed by atoms with van der Waals surface area (Å²) in [6.45, 7) is -0.433. The standard InChI is InChI=1S/C22H17NO7/c1-28-19-12-9-17(23(26)27)13-20(19)30-21(24)14-29-18-10-7-16(8-11-18)22(25)15-5-3-2-4-6-15/h2-13H,14H2,1H3. The number of esters is 1. The predicted molar refractivity (Wildman–Crippen MR) is 107 cm³/mol. The second-order valence-electron chi connectivity index (χ2n) is 6.07. The molecule has 152 valence electrons. The predicted octanol–water partition coefficient (Wildman–Crippen LogP) is 3.82. The molecule has 0 aliphatic carbocycles. The van der Waals surface area contributed by atoms with E-state index in [1.54, 1.807) is 48.5 Å². The Labute approximate surface area is 171 Å². The maximum atomic E-state index is 12.4. The van der Waals surface area contributed by atoms with E-state index in [9.17, 15) is 19.7 Å². The highest BCUT2D eigenvalue weighted by Gasteiger charge is 2.16. The monoisotopic (exact) mass is 407 g/mol. The van der Waals surface area contributed by atoms with E-state index in [0.717, 1.165) is 6.07 Å². The van der Waals surface area contributed by atoms with Crippen LogP contribution in [0, 0.1) is 10.1 Å². The van der Waals surface area contributed by atoms with Crippen LogP contribution in [0.2, 0.25) is 0 Å². The molecule has 0 unspecified atom stereocenters. The van der Waals surface area contributed by atoms with Gasteiger partial charge in [-0.3, -0.25) is 14.9 Å². The number of hydrogen-bond donors (Lipinski definition) is 0. The van der Waals surface area contributed by atoms with E-state index < -0.39 is 17.5 Å². The van der Waals surface area contributed by atoms with Gasteiger partial charge in [0, 0.05) is 17.2 Å². The number of nitro groups is 1. The fourth-order valence-electron chi connectivity index (χ4n) is 2.61. The van der Waals surface area contributed by atoms with Crippen LogP contribution < -0.4 is 14.2 Å². The highest BCUT2D eigenvalue weighted by molar-refractivity contribution is 6.08. The van der Waals surface area contributed by atoms with Crippen LogP contribution in [-0.2, 0) is 4.79 Å². The first-order valence-electron chi connectivity index (χ1n) is 8.83. The number of carbonyl (C=O) groups excluding carboxylic acids is 2. The number of non-ortho nitro benzene ring substituents is 1. The zero-order valence-corrected chi connectivity index (χ0v) is 15.9. The molecule has 0 fully saturated rings. The van der Waals surface area contributed by atoms with Crippen molar-refractivity contribution in [2.45, 2.75) is 0 Å². The van der Waals surface area contributed by atoms with Gasteiger partial charge in [0.25, 0.3) is 5.69 Å². The SMILES string of the molecule is COc1ccc([N+](=O)[O-])cc1OC(=O)COc1ccc(C(=O)c2ccccc2)cc1. The van der Waals surface area contributed by atoms with Crippen molar-refractivity contribution in [3.8, 4) is 17.2 Å².